The number of rotatable bonds is 2. The van der Waals surface area contributed by atoms with Crippen LogP contribution in [0.2, 0.25) is 0 Å². The lowest BCUT2D eigenvalue weighted by atomic mass is 9.59. The first kappa shape index (κ1) is 29.4. The maximum Gasteiger partial charge on any atom is 0.0714 e. The quantitative estimate of drug-likeness (QED) is 0.177. The van der Waals surface area contributed by atoms with E-state index in [1.807, 2.05) is 11.3 Å². The summed E-state index contributed by atoms with van der Waals surface area (Å²) in [5.41, 5.74) is 10.4. The SMILES string of the molecule is CC(C)(C)c1ccc2c3c(cccc13)C(c1ccccc1)(c1ccccc1)c1cc3c(cc1-2)sc1cc(C(C)(C)C)c2ccccc2c13. The Labute approximate surface area is 287 Å². The summed E-state index contributed by atoms with van der Waals surface area (Å²) in [7, 11) is 0. The van der Waals surface area contributed by atoms with Crippen LogP contribution in [0.1, 0.15) is 74.9 Å². The molecule has 8 aromatic rings. The normalized spacial score (nSPS) is 14.2. The number of fused-ring (bicyclic) bond motifs is 7. The van der Waals surface area contributed by atoms with Gasteiger partial charge in [0.15, 0.2) is 0 Å². The number of hydrogen-bond acceptors (Lipinski definition) is 1. The molecule has 48 heavy (non-hydrogen) atoms. The molecule has 0 fully saturated rings. The van der Waals surface area contributed by atoms with Crippen molar-refractivity contribution in [3.05, 3.63) is 167 Å². The molecule has 0 saturated carbocycles. The van der Waals surface area contributed by atoms with E-state index >= 15 is 0 Å². The topological polar surface area (TPSA) is 0 Å². The highest BCUT2D eigenvalue weighted by Crippen LogP contribution is 2.58. The van der Waals surface area contributed by atoms with E-state index in [2.05, 4.69) is 175 Å². The average molecular weight is 637 g/mol. The number of thiophene rings is 1. The summed E-state index contributed by atoms with van der Waals surface area (Å²) in [5.74, 6) is 0. The van der Waals surface area contributed by atoms with Crippen molar-refractivity contribution in [1.82, 2.24) is 0 Å². The maximum atomic E-state index is 2.58. The van der Waals surface area contributed by atoms with Gasteiger partial charge in [0.1, 0.15) is 0 Å². The fourth-order valence-corrected chi connectivity index (χ4v) is 9.93. The summed E-state index contributed by atoms with van der Waals surface area (Å²) in [6.07, 6.45) is 0. The Morgan fingerprint density at radius 3 is 1.67 bits per heavy atom. The molecule has 0 aliphatic heterocycles. The minimum atomic E-state index is -0.496. The highest BCUT2D eigenvalue weighted by molar-refractivity contribution is 7.26. The Bertz CT molecular complexity index is 2510. The van der Waals surface area contributed by atoms with Crippen LogP contribution in [0.4, 0.5) is 0 Å². The summed E-state index contributed by atoms with van der Waals surface area (Å²) in [4.78, 5) is 0. The van der Waals surface area contributed by atoms with Gasteiger partial charge in [-0.2, -0.15) is 0 Å². The van der Waals surface area contributed by atoms with Crippen molar-refractivity contribution in [1.29, 1.82) is 0 Å². The lowest BCUT2D eigenvalue weighted by Gasteiger charge is -2.42. The van der Waals surface area contributed by atoms with Crippen molar-refractivity contribution in [2.24, 2.45) is 0 Å². The molecule has 0 radical (unpaired) electrons. The van der Waals surface area contributed by atoms with Crippen LogP contribution in [0.15, 0.2) is 133 Å². The third-order valence-corrected chi connectivity index (χ3v) is 11.9. The van der Waals surface area contributed by atoms with Crippen LogP contribution in [0.25, 0.3) is 52.8 Å². The molecule has 0 spiro atoms. The Hall–Kier alpha value is -4.72. The molecule has 1 aromatic heterocycles. The molecule has 1 heterocycles. The Morgan fingerprint density at radius 1 is 0.417 bits per heavy atom. The maximum absolute atomic E-state index is 2.58. The van der Waals surface area contributed by atoms with Gasteiger partial charge >= 0.3 is 0 Å². The molecular weight excluding hydrogens is 597 g/mol. The molecule has 0 bridgehead atoms. The second-order valence-corrected chi connectivity index (χ2v) is 16.8. The van der Waals surface area contributed by atoms with Crippen molar-refractivity contribution < 1.29 is 0 Å². The van der Waals surface area contributed by atoms with E-state index in [0.29, 0.717) is 0 Å². The van der Waals surface area contributed by atoms with E-state index in [0.717, 1.165) is 0 Å². The summed E-state index contributed by atoms with van der Waals surface area (Å²) < 4.78 is 2.72. The van der Waals surface area contributed by atoms with Crippen LogP contribution in [0.5, 0.6) is 0 Å². The van der Waals surface area contributed by atoms with Crippen LogP contribution in [0.3, 0.4) is 0 Å². The first-order chi connectivity index (χ1) is 23.1. The van der Waals surface area contributed by atoms with Crippen LogP contribution in [-0.4, -0.2) is 0 Å². The smallest absolute Gasteiger partial charge is 0.0714 e. The van der Waals surface area contributed by atoms with E-state index in [1.54, 1.807) is 0 Å². The van der Waals surface area contributed by atoms with Gasteiger partial charge in [0, 0.05) is 20.2 Å². The number of hydrogen-bond donors (Lipinski definition) is 0. The van der Waals surface area contributed by atoms with Crippen molar-refractivity contribution in [3.8, 4) is 11.1 Å². The molecule has 234 valence electrons. The van der Waals surface area contributed by atoms with Gasteiger partial charge in [-0.25, -0.2) is 0 Å². The third-order valence-electron chi connectivity index (χ3n) is 10.8. The van der Waals surface area contributed by atoms with Crippen LogP contribution in [0, 0.1) is 0 Å². The predicted octanol–water partition coefficient (Wildman–Crippen LogP) is 13.3. The second kappa shape index (κ2) is 10.1. The van der Waals surface area contributed by atoms with Gasteiger partial charge in [-0.3, -0.25) is 0 Å². The van der Waals surface area contributed by atoms with E-state index < -0.39 is 5.41 Å². The molecule has 0 N–H and O–H groups in total. The fraction of sp³-hybridized carbons (Fsp3) is 0.191. The molecule has 1 heteroatoms. The van der Waals surface area contributed by atoms with Crippen LogP contribution >= 0.6 is 11.3 Å². The van der Waals surface area contributed by atoms with E-state index in [1.165, 1.54) is 86.2 Å². The molecule has 0 saturated heterocycles. The monoisotopic (exact) mass is 636 g/mol. The fourth-order valence-electron chi connectivity index (χ4n) is 8.75. The summed E-state index contributed by atoms with van der Waals surface area (Å²) in [5, 5.41) is 8.18. The van der Waals surface area contributed by atoms with Crippen LogP contribution < -0.4 is 0 Å². The Kier molecular flexibility index (Phi) is 6.22. The second-order valence-electron chi connectivity index (χ2n) is 15.7. The molecule has 0 amide bonds. The zero-order chi connectivity index (χ0) is 33.0. The zero-order valence-corrected chi connectivity index (χ0v) is 29.4. The highest BCUT2D eigenvalue weighted by atomic mass is 32.1. The summed E-state index contributed by atoms with van der Waals surface area (Å²) in [6, 6.07) is 51.0. The minimum absolute atomic E-state index is 0.0147. The van der Waals surface area contributed by atoms with Gasteiger partial charge in [-0.15, -0.1) is 11.3 Å². The van der Waals surface area contributed by atoms with Crippen molar-refractivity contribution >= 4 is 53.1 Å². The van der Waals surface area contributed by atoms with Gasteiger partial charge in [0.05, 0.1) is 5.41 Å². The Morgan fingerprint density at radius 2 is 1.02 bits per heavy atom. The van der Waals surface area contributed by atoms with Gasteiger partial charge in [-0.1, -0.05) is 157 Å². The van der Waals surface area contributed by atoms with Gasteiger partial charge < -0.3 is 0 Å². The van der Waals surface area contributed by atoms with Crippen molar-refractivity contribution in [2.75, 3.05) is 0 Å². The van der Waals surface area contributed by atoms with E-state index in [4.69, 9.17) is 0 Å². The lowest BCUT2D eigenvalue weighted by molar-refractivity contribution is 0.595. The zero-order valence-electron chi connectivity index (χ0n) is 28.6. The third kappa shape index (κ3) is 4.01. The highest BCUT2D eigenvalue weighted by Gasteiger charge is 2.45. The molecule has 1 aliphatic carbocycles. The summed E-state index contributed by atoms with van der Waals surface area (Å²) >= 11 is 1.95. The van der Waals surface area contributed by atoms with Gasteiger partial charge in [0.25, 0.3) is 0 Å². The van der Waals surface area contributed by atoms with Gasteiger partial charge in [-0.05, 0) is 95.1 Å². The first-order valence-corrected chi connectivity index (χ1v) is 18.0. The molecule has 9 rings (SSSR count). The van der Waals surface area contributed by atoms with Crippen LogP contribution in [-0.2, 0) is 16.2 Å². The van der Waals surface area contributed by atoms with Gasteiger partial charge in [0.2, 0.25) is 0 Å². The lowest BCUT2D eigenvalue weighted by Crippen LogP contribution is -2.34. The predicted molar refractivity (Wildman–Crippen MR) is 209 cm³/mol. The first-order valence-electron chi connectivity index (χ1n) is 17.2. The largest absolute Gasteiger partial charge is 0.135 e. The molecule has 0 atom stereocenters. The van der Waals surface area contributed by atoms with Crippen molar-refractivity contribution in [3.63, 3.8) is 0 Å². The van der Waals surface area contributed by atoms with E-state index in [-0.39, 0.29) is 10.8 Å². The van der Waals surface area contributed by atoms with E-state index in [9.17, 15) is 0 Å². The van der Waals surface area contributed by atoms with Crippen molar-refractivity contribution in [2.45, 2.75) is 57.8 Å². The Balaban J connectivity index is 1.52. The molecule has 0 nitrogen and oxygen atoms in total. The molecule has 7 aromatic carbocycles. The standard InChI is InChI=1S/C47H40S/c1-45(2,3)37-25-24-33-35-27-41-36(44-32-21-14-13-20-31(32)39(46(4,5)6)28-42(44)48-41)26-40(35)47(29-16-9-7-10-17-29,30-18-11-8-12-19-30)38-23-15-22-34(37)43(33)38/h7-28H,1-6H3. The number of benzene rings is 7. The summed E-state index contributed by atoms with van der Waals surface area (Å²) in [6.45, 7) is 14.0. The molecular formula is C47H40S. The average Bonchev–Trinajstić information content (AvgIpc) is 3.45. The minimum Gasteiger partial charge on any atom is -0.135 e. The molecule has 1 aliphatic rings. The molecule has 0 unspecified atom stereocenters.